The van der Waals surface area contributed by atoms with Crippen molar-refractivity contribution in [3.63, 3.8) is 0 Å². The van der Waals surface area contributed by atoms with Crippen LogP contribution in [0.15, 0.2) is 48.5 Å². The first kappa shape index (κ1) is 20.3. The van der Waals surface area contributed by atoms with Gasteiger partial charge >= 0.3 is 12.0 Å². The largest absolute Gasteiger partial charge is 0.465 e. The SMILES string of the molecule is COC(=O)c1ccc(NC(=O)CN2C(=O)NC(C)(c3ccccc3Cl)C2=O)cc1. The van der Waals surface area contributed by atoms with Crippen molar-refractivity contribution in [3.05, 3.63) is 64.7 Å². The molecular formula is C20H18ClN3O5. The Morgan fingerprint density at radius 3 is 2.41 bits per heavy atom. The third-order valence-electron chi connectivity index (χ3n) is 4.58. The number of esters is 1. The number of imide groups is 1. The molecule has 0 saturated carbocycles. The molecule has 2 aromatic rings. The molecular weight excluding hydrogens is 398 g/mol. The highest BCUT2D eigenvalue weighted by Crippen LogP contribution is 2.33. The molecule has 1 atom stereocenters. The minimum Gasteiger partial charge on any atom is -0.465 e. The van der Waals surface area contributed by atoms with Crippen LogP contribution < -0.4 is 10.6 Å². The summed E-state index contributed by atoms with van der Waals surface area (Å²) in [6, 6.07) is 12.0. The number of hydrogen-bond donors (Lipinski definition) is 2. The normalized spacial score (nSPS) is 18.4. The van der Waals surface area contributed by atoms with E-state index < -0.39 is 35.9 Å². The van der Waals surface area contributed by atoms with Gasteiger partial charge in [-0.3, -0.25) is 14.5 Å². The number of ether oxygens (including phenoxy) is 1. The molecule has 0 spiro atoms. The van der Waals surface area contributed by atoms with E-state index in [9.17, 15) is 19.2 Å². The number of rotatable bonds is 5. The van der Waals surface area contributed by atoms with Crippen LogP contribution >= 0.6 is 11.6 Å². The number of hydrogen-bond acceptors (Lipinski definition) is 5. The zero-order valence-corrected chi connectivity index (χ0v) is 16.4. The van der Waals surface area contributed by atoms with Gasteiger partial charge in [-0.1, -0.05) is 29.8 Å². The van der Waals surface area contributed by atoms with Gasteiger partial charge in [0.05, 0.1) is 12.7 Å². The van der Waals surface area contributed by atoms with E-state index in [1.54, 1.807) is 24.3 Å². The summed E-state index contributed by atoms with van der Waals surface area (Å²) >= 11 is 6.18. The van der Waals surface area contributed by atoms with E-state index >= 15 is 0 Å². The van der Waals surface area contributed by atoms with Gasteiger partial charge in [0.1, 0.15) is 12.1 Å². The third kappa shape index (κ3) is 3.93. The third-order valence-corrected chi connectivity index (χ3v) is 4.91. The Morgan fingerprint density at radius 2 is 1.79 bits per heavy atom. The molecule has 4 amide bonds. The number of carbonyl (C=O) groups excluding carboxylic acids is 4. The van der Waals surface area contributed by atoms with Gasteiger partial charge < -0.3 is 15.4 Å². The van der Waals surface area contributed by atoms with Crippen LogP contribution in [0.25, 0.3) is 0 Å². The van der Waals surface area contributed by atoms with Gasteiger partial charge in [0.25, 0.3) is 5.91 Å². The quantitative estimate of drug-likeness (QED) is 0.576. The van der Waals surface area contributed by atoms with Crippen LogP contribution in [0.2, 0.25) is 5.02 Å². The fourth-order valence-corrected chi connectivity index (χ4v) is 3.37. The Bertz CT molecular complexity index is 992. The van der Waals surface area contributed by atoms with Crippen molar-refractivity contribution in [1.29, 1.82) is 0 Å². The van der Waals surface area contributed by atoms with Crippen LogP contribution in [0.5, 0.6) is 0 Å². The van der Waals surface area contributed by atoms with Crippen LogP contribution in [0.4, 0.5) is 10.5 Å². The minimum absolute atomic E-state index is 0.329. The second-order valence-corrected chi connectivity index (χ2v) is 6.95. The van der Waals surface area contributed by atoms with Gasteiger partial charge in [0.2, 0.25) is 5.91 Å². The van der Waals surface area contributed by atoms with Crippen molar-refractivity contribution < 1.29 is 23.9 Å². The van der Waals surface area contributed by atoms with Gasteiger partial charge in [-0.25, -0.2) is 9.59 Å². The highest BCUT2D eigenvalue weighted by molar-refractivity contribution is 6.32. The summed E-state index contributed by atoms with van der Waals surface area (Å²) in [6.45, 7) is 1.07. The number of carbonyl (C=O) groups is 4. The molecule has 2 aromatic carbocycles. The topological polar surface area (TPSA) is 105 Å². The lowest BCUT2D eigenvalue weighted by Gasteiger charge is -2.23. The first-order chi connectivity index (χ1) is 13.8. The molecule has 1 saturated heterocycles. The van der Waals surface area contributed by atoms with Crippen molar-refractivity contribution >= 4 is 41.1 Å². The molecule has 1 fully saturated rings. The first-order valence-corrected chi connectivity index (χ1v) is 9.01. The predicted molar refractivity (Wildman–Crippen MR) is 105 cm³/mol. The van der Waals surface area contributed by atoms with Crippen molar-refractivity contribution in [2.75, 3.05) is 19.0 Å². The van der Waals surface area contributed by atoms with Crippen LogP contribution in [0, 0.1) is 0 Å². The highest BCUT2D eigenvalue weighted by Gasteiger charge is 2.50. The maximum atomic E-state index is 12.9. The van der Waals surface area contributed by atoms with E-state index in [-0.39, 0.29) is 0 Å². The summed E-state index contributed by atoms with van der Waals surface area (Å²) in [5.74, 6) is -1.64. The lowest BCUT2D eigenvalue weighted by molar-refractivity contribution is -0.133. The average molecular weight is 416 g/mol. The Morgan fingerprint density at radius 1 is 1.14 bits per heavy atom. The van der Waals surface area contributed by atoms with E-state index in [2.05, 4.69) is 15.4 Å². The molecule has 150 valence electrons. The molecule has 0 aromatic heterocycles. The maximum absolute atomic E-state index is 12.9. The predicted octanol–water partition coefficient (Wildman–Crippen LogP) is 2.53. The fourth-order valence-electron chi connectivity index (χ4n) is 3.04. The van der Waals surface area contributed by atoms with Gasteiger partial charge in [-0.2, -0.15) is 0 Å². The second-order valence-electron chi connectivity index (χ2n) is 6.54. The first-order valence-electron chi connectivity index (χ1n) is 8.63. The molecule has 1 unspecified atom stereocenters. The Kier molecular flexibility index (Phi) is 5.56. The van der Waals surface area contributed by atoms with Gasteiger partial charge in [0, 0.05) is 16.3 Å². The number of nitrogens with zero attached hydrogens (tertiary/aromatic N) is 1. The number of methoxy groups -OCH3 is 1. The average Bonchev–Trinajstić information content (AvgIpc) is 2.92. The van der Waals surface area contributed by atoms with Crippen molar-refractivity contribution in [2.45, 2.75) is 12.5 Å². The lowest BCUT2D eigenvalue weighted by Crippen LogP contribution is -2.42. The Labute approximate surface area is 171 Å². The van der Waals surface area contributed by atoms with E-state index in [4.69, 9.17) is 11.6 Å². The smallest absolute Gasteiger partial charge is 0.337 e. The van der Waals surface area contributed by atoms with E-state index in [0.717, 1.165) is 4.90 Å². The summed E-state index contributed by atoms with van der Waals surface area (Å²) < 4.78 is 4.61. The van der Waals surface area contributed by atoms with Crippen LogP contribution in [-0.2, 0) is 19.9 Å². The minimum atomic E-state index is -1.36. The molecule has 9 heteroatoms. The molecule has 1 heterocycles. The molecule has 0 bridgehead atoms. The monoisotopic (exact) mass is 415 g/mol. The standard InChI is InChI=1S/C20H18ClN3O5/c1-20(14-5-3-4-6-15(14)21)18(27)24(19(28)23-20)11-16(25)22-13-9-7-12(8-10-13)17(26)29-2/h3-10H,11H2,1-2H3,(H,22,25)(H,23,28). The summed E-state index contributed by atoms with van der Waals surface area (Å²) in [5.41, 5.74) is -0.183. The number of urea groups is 1. The van der Waals surface area contributed by atoms with Crippen LogP contribution in [-0.4, -0.2) is 42.4 Å². The number of benzene rings is 2. The molecule has 3 rings (SSSR count). The zero-order chi connectivity index (χ0) is 21.2. The molecule has 1 aliphatic heterocycles. The number of amides is 4. The summed E-state index contributed by atoms with van der Waals surface area (Å²) in [7, 11) is 1.27. The summed E-state index contributed by atoms with van der Waals surface area (Å²) in [6.07, 6.45) is 0. The summed E-state index contributed by atoms with van der Waals surface area (Å²) in [5, 5.41) is 5.52. The van der Waals surface area contributed by atoms with Crippen molar-refractivity contribution in [2.24, 2.45) is 0 Å². The van der Waals surface area contributed by atoms with Crippen molar-refractivity contribution in [1.82, 2.24) is 10.2 Å². The molecule has 1 aliphatic rings. The van der Waals surface area contributed by atoms with E-state index in [1.165, 1.54) is 38.3 Å². The second kappa shape index (κ2) is 7.92. The zero-order valence-electron chi connectivity index (χ0n) is 15.7. The highest BCUT2D eigenvalue weighted by atomic mass is 35.5. The maximum Gasteiger partial charge on any atom is 0.337 e. The summed E-state index contributed by atoms with van der Waals surface area (Å²) in [4.78, 5) is 49.9. The number of halogens is 1. The van der Waals surface area contributed by atoms with Gasteiger partial charge in [0.15, 0.2) is 0 Å². The lowest BCUT2D eigenvalue weighted by atomic mass is 9.92. The van der Waals surface area contributed by atoms with Crippen molar-refractivity contribution in [3.8, 4) is 0 Å². The van der Waals surface area contributed by atoms with Gasteiger partial charge in [-0.15, -0.1) is 0 Å². The molecule has 0 aliphatic carbocycles. The van der Waals surface area contributed by atoms with Crippen LogP contribution in [0.3, 0.4) is 0 Å². The van der Waals surface area contributed by atoms with E-state index in [0.29, 0.717) is 21.8 Å². The Balaban J connectivity index is 1.71. The molecule has 8 nitrogen and oxygen atoms in total. The van der Waals surface area contributed by atoms with E-state index in [1.807, 2.05) is 0 Å². The number of anilines is 1. The molecule has 0 radical (unpaired) electrons. The Hall–Kier alpha value is -3.39. The number of nitrogens with one attached hydrogen (secondary N) is 2. The fraction of sp³-hybridized carbons (Fsp3) is 0.200. The molecule has 29 heavy (non-hydrogen) atoms. The van der Waals surface area contributed by atoms with Crippen LogP contribution in [0.1, 0.15) is 22.8 Å². The molecule has 2 N–H and O–H groups in total. The van der Waals surface area contributed by atoms with Gasteiger partial charge in [-0.05, 0) is 37.3 Å².